The molecule has 114 valence electrons. The van der Waals surface area contributed by atoms with Gasteiger partial charge in [0.1, 0.15) is 0 Å². The van der Waals surface area contributed by atoms with Crippen molar-refractivity contribution >= 4 is 16.8 Å². The van der Waals surface area contributed by atoms with Crippen LogP contribution in [0.1, 0.15) is 30.9 Å². The standard InChI is InChI=1S/C17H24N2O2/c1-3-4-8-19(9-10-20)16(21)11-14-12-18-17-13(2)6-5-7-15(14)17/h5-7,12,18,20H,3-4,8-11H2,1-2H3. The molecule has 0 aliphatic heterocycles. The topological polar surface area (TPSA) is 56.3 Å². The molecule has 1 amide bonds. The number of nitrogens with one attached hydrogen (secondary N) is 1. The van der Waals surface area contributed by atoms with Gasteiger partial charge in [-0.25, -0.2) is 0 Å². The predicted octanol–water partition coefficient (Wildman–Crippen LogP) is 2.64. The Morgan fingerprint density at radius 3 is 2.86 bits per heavy atom. The second-order valence-electron chi connectivity index (χ2n) is 5.45. The monoisotopic (exact) mass is 288 g/mol. The second kappa shape index (κ2) is 7.27. The van der Waals surface area contributed by atoms with Crippen LogP contribution in [-0.2, 0) is 11.2 Å². The van der Waals surface area contributed by atoms with Gasteiger partial charge in [-0.05, 0) is 24.5 Å². The van der Waals surface area contributed by atoms with E-state index in [0.29, 0.717) is 13.0 Å². The van der Waals surface area contributed by atoms with Crippen LogP contribution in [0.3, 0.4) is 0 Å². The highest BCUT2D eigenvalue weighted by atomic mass is 16.3. The summed E-state index contributed by atoms with van der Waals surface area (Å²) in [4.78, 5) is 17.5. The summed E-state index contributed by atoms with van der Waals surface area (Å²) in [7, 11) is 0. The molecular formula is C17H24N2O2. The van der Waals surface area contributed by atoms with Crippen molar-refractivity contribution in [1.29, 1.82) is 0 Å². The molecule has 2 N–H and O–H groups in total. The van der Waals surface area contributed by atoms with Crippen LogP contribution in [0.4, 0.5) is 0 Å². The smallest absolute Gasteiger partial charge is 0.227 e. The van der Waals surface area contributed by atoms with Crippen LogP contribution >= 0.6 is 0 Å². The summed E-state index contributed by atoms with van der Waals surface area (Å²) < 4.78 is 0. The number of aryl methyl sites for hydroxylation is 1. The fraction of sp³-hybridized carbons (Fsp3) is 0.471. The number of amides is 1. The number of rotatable bonds is 7. The zero-order valence-corrected chi connectivity index (χ0v) is 12.9. The van der Waals surface area contributed by atoms with Gasteiger partial charge in [-0.1, -0.05) is 31.5 Å². The molecule has 4 heteroatoms. The molecule has 1 aromatic carbocycles. The van der Waals surface area contributed by atoms with E-state index in [0.717, 1.165) is 35.9 Å². The zero-order chi connectivity index (χ0) is 15.2. The lowest BCUT2D eigenvalue weighted by atomic mass is 10.1. The van der Waals surface area contributed by atoms with Crippen LogP contribution in [0, 0.1) is 6.92 Å². The molecule has 0 saturated heterocycles. The van der Waals surface area contributed by atoms with Gasteiger partial charge in [0.2, 0.25) is 5.91 Å². The van der Waals surface area contributed by atoms with Crippen molar-refractivity contribution in [3.63, 3.8) is 0 Å². The van der Waals surface area contributed by atoms with Gasteiger partial charge in [0, 0.05) is 30.2 Å². The molecule has 0 spiro atoms. The maximum Gasteiger partial charge on any atom is 0.227 e. The van der Waals surface area contributed by atoms with E-state index in [9.17, 15) is 4.79 Å². The molecular weight excluding hydrogens is 264 g/mol. The van der Waals surface area contributed by atoms with Crippen LogP contribution in [0.15, 0.2) is 24.4 Å². The van der Waals surface area contributed by atoms with Gasteiger partial charge in [0.05, 0.1) is 13.0 Å². The van der Waals surface area contributed by atoms with Crippen LogP contribution in [-0.4, -0.2) is 40.6 Å². The summed E-state index contributed by atoms with van der Waals surface area (Å²) in [5.74, 6) is 0.0832. The lowest BCUT2D eigenvalue weighted by Crippen LogP contribution is -2.35. The molecule has 1 heterocycles. The van der Waals surface area contributed by atoms with Crippen molar-refractivity contribution in [2.45, 2.75) is 33.1 Å². The maximum absolute atomic E-state index is 12.4. The van der Waals surface area contributed by atoms with Gasteiger partial charge in [-0.15, -0.1) is 0 Å². The van der Waals surface area contributed by atoms with Crippen molar-refractivity contribution < 1.29 is 9.90 Å². The number of nitrogens with zero attached hydrogens (tertiary/aromatic N) is 1. The largest absolute Gasteiger partial charge is 0.395 e. The molecule has 21 heavy (non-hydrogen) atoms. The third kappa shape index (κ3) is 3.64. The first-order valence-corrected chi connectivity index (χ1v) is 7.61. The average molecular weight is 288 g/mol. The summed E-state index contributed by atoms with van der Waals surface area (Å²) in [6.45, 7) is 5.31. The van der Waals surface area contributed by atoms with Crippen molar-refractivity contribution in [2.24, 2.45) is 0 Å². The van der Waals surface area contributed by atoms with Gasteiger partial charge >= 0.3 is 0 Å². The summed E-state index contributed by atoms with van der Waals surface area (Å²) in [6, 6.07) is 6.12. The van der Waals surface area contributed by atoms with E-state index in [-0.39, 0.29) is 12.5 Å². The number of unbranched alkanes of at least 4 members (excludes halogenated alkanes) is 1. The van der Waals surface area contributed by atoms with Crippen LogP contribution in [0.25, 0.3) is 10.9 Å². The van der Waals surface area contributed by atoms with E-state index < -0.39 is 0 Å². The fourth-order valence-electron chi connectivity index (χ4n) is 2.62. The highest BCUT2D eigenvalue weighted by Gasteiger charge is 2.15. The Kier molecular flexibility index (Phi) is 5.39. The minimum absolute atomic E-state index is 0.0163. The van der Waals surface area contributed by atoms with E-state index in [1.807, 2.05) is 18.3 Å². The number of H-pyrrole nitrogens is 1. The number of hydrogen-bond acceptors (Lipinski definition) is 2. The summed E-state index contributed by atoms with van der Waals surface area (Å²) in [5, 5.41) is 10.2. The SMILES string of the molecule is CCCCN(CCO)C(=O)Cc1c[nH]c2c(C)cccc12. The number of carbonyl (C=O) groups is 1. The number of aliphatic hydroxyl groups excluding tert-OH is 1. The quantitative estimate of drug-likeness (QED) is 0.823. The molecule has 4 nitrogen and oxygen atoms in total. The molecule has 2 aromatic rings. The zero-order valence-electron chi connectivity index (χ0n) is 12.9. The predicted molar refractivity (Wildman–Crippen MR) is 85.3 cm³/mol. The average Bonchev–Trinajstić information content (AvgIpc) is 2.88. The molecule has 0 unspecified atom stereocenters. The molecule has 0 fully saturated rings. The van der Waals surface area contributed by atoms with Crippen molar-refractivity contribution in [1.82, 2.24) is 9.88 Å². The molecule has 0 bridgehead atoms. The summed E-state index contributed by atoms with van der Waals surface area (Å²) >= 11 is 0. The number of aromatic nitrogens is 1. The first-order chi connectivity index (χ1) is 10.2. The Morgan fingerprint density at radius 2 is 2.14 bits per heavy atom. The van der Waals surface area contributed by atoms with Crippen molar-refractivity contribution in [3.05, 3.63) is 35.5 Å². The van der Waals surface area contributed by atoms with Crippen molar-refractivity contribution in [2.75, 3.05) is 19.7 Å². The molecule has 0 radical (unpaired) electrons. The van der Waals surface area contributed by atoms with Gasteiger partial charge in [0.15, 0.2) is 0 Å². The number of hydrogen-bond donors (Lipinski definition) is 2. The molecule has 0 atom stereocenters. The van der Waals surface area contributed by atoms with E-state index >= 15 is 0 Å². The van der Waals surface area contributed by atoms with E-state index in [2.05, 4.69) is 24.9 Å². The van der Waals surface area contributed by atoms with E-state index in [1.54, 1.807) is 4.90 Å². The van der Waals surface area contributed by atoms with Gasteiger partial charge < -0.3 is 15.0 Å². The van der Waals surface area contributed by atoms with Crippen LogP contribution in [0.5, 0.6) is 0 Å². The molecule has 0 saturated carbocycles. The van der Waals surface area contributed by atoms with Gasteiger partial charge in [0.25, 0.3) is 0 Å². The lowest BCUT2D eigenvalue weighted by Gasteiger charge is -2.21. The third-order valence-corrected chi connectivity index (χ3v) is 3.86. The number of para-hydroxylation sites is 1. The number of benzene rings is 1. The Balaban J connectivity index is 2.14. The normalized spacial score (nSPS) is 11.0. The number of aliphatic hydroxyl groups is 1. The van der Waals surface area contributed by atoms with Gasteiger partial charge in [-0.3, -0.25) is 4.79 Å². The van der Waals surface area contributed by atoms with Crippen LogP contribution in [0.2, 0.25) is 0 Å². The van der Waals surface area contributed by atoms with Crippen LogP contribution < -0.4 is 0 Å². The first-order valence-electron chi connectivity index (χ1n) is 7.61. The Bertz CT molecular complexity index is 604. The Hall–Kier alpha value is -1.81. The Morgan fingerprint density at radius 1 is 1.33 bits per heavy atom. The highest BCUT2D eigenvalue weighted by molar-refractivity contribution is 5.90. The summed E-state index contributed by atoms with van der Waals surface area (Å²) in [6.07, 6.45) is 4.32. The minimum Gasteiger partial charge on any atom is -0.395 e. The molecule has 1 aromatic heterocycles. The molecule has 0 aliphatic carbocycles. The highest BCUT2D eigenvalue weighted by Crippen LogP contribution is 2.22. The van der Waals surface area contributed by atoms with E-state index in [4.69, 9.17) is 5.11 Å². The third-order valence-electron chi connectivity index (χ3n) is 3.86. The number of fused-ring (bicyclic) bond motifs is 1. The lowest BCUT2D eigenvalue weighted by molar-refractivity contribution is -0.131. The summed E-state index contributed by atoms with van der Waals surface area (Å²) in [5.41, 5.74) is 3.31. The Labute approximate surface area is 125 Å². The minimum atomic E-state index is 0.0163. The maximum atomic E-state index is 12.4. The number of carbonyl (C=O) groups excluding carboxylic acids is 1. The fourth-order valence-corrected chi connectivity index (χ4v) is 2.62. The first kappa shape index (κ1) is 15.6. The second-order valence-corrected chi connectivity index (χ2v) is 5.45. The molecule has 2 rings (SSSR count). The van der Waals surface area contributed by atoms with Gasteiger partial charge in [-0.2, -0.15) is 0 Å². The molecule has 0 aliphatic rings. The number of aromatic amines is 1. The van der Waals surface area contributed by atoms with E-state index in [1.165, 1.54) is 5.56 Å². The van der Waals surface area contributed by atoms with Crippen molar-refractivity contribution in [3.8, 4) is 0 Å².